The maximum Gasteiger partial charge on any atom is 0.327 e. The molecule has 2 fully saturated rings. The lowest BCUT2D eigenvalue weighted by molar-refractivity contribution is -0.144. The molecule has 0 aromatic heterocycles. The first-order chi connectivity index (χ1) is 11.5. The number of fused-ring (bicyclic) bond motifs is 3. The summed E-state index contributed by atoms with van der Waals surface area (Å²) >= 11 is 0. The van der Waals surface area contributed by atoms with Crippen LogP contribution >= 0.6 is 0 Å². The van der Waals surface area contributed by atoms with E-state index in [1.807, 2.05) is 0 Å². The van der Waals surface area contributed by atoms with E-state index in [4.69, 9.17) is 0 Å². The second-order valence-corrected chi connectivity index (χ2v) is 7.09. The zero-order valence-corrected chi connectivity index (χ0v) is 13.5. The quantitative estimate of drug-likeness (QED) is 0.853. The number of piperidine rings is 1. The molecule has 6 nitrogen and oxygen atoms in total. The standard InChI is InChI=1S/C18H20N2O4/c1-19-11-6-7-12(19)9-10(8-11)15(18(23)24)20-16(21)13-4-2-3-5-14(13)17(20)22/h2-5,10-12,15H,6-9H2,1H3,(H,23,24)/t10?,11?,12?,15-/m0/s1. The highest BCUT2D eigenvalue weighted by molar-refractivity contribution is 6.22. The third-order valence-electron chi connectivity index (χ3n) is 5.94. The van der Waals surface area contributed by atoms with E-state index in [1.54, 1.807) is 24.3 Å². The number of carboxylic acids is 1. The molecule has 24 heavy (non-hydrogen) atoms. The zero-order valence-electron chi connectivity index (χ0n) is 13.5. The molecule has 3 atom stereocenters. The van der Waals surface area contributed by atoms with Gasteiger partial charge in [-0.3, -0.25) is 14.5 Å². The maximum absolute atomic E-state index is 12.7. The lowest BCUT2D eigenvalue weighted by Crippen LogP contribution is -2.53. The van der Waals surface area contributed by atoms with Gasteiger partial charge in [0.2, 0.25) is 0 Å². The number of nitrogens with zero attached hydrogens (tertiary/aromatic N) is 2. The second-order valence-electron chi connectivity index (χ2n) is 7.09. The molecule has 0 spiro atoms. The van der Waals surface area contributed by atoms with Crippen molar-refractivity contribution in [2.45, 2.75) is 43.8 Å². The number of rotatable bonds is 3. The highest BCUT2D eigenvalue weighted by Gasteiger charge is 2.50. The molecule has 0 radical (unpaired) electrons. The van der Waals surface area contributed by atoms with Crippen LogP contribution in [-0.4, -0.2) is 57.9 Å². The summed E-state index contributed by atoms with van der Waals surface area (Å²) in [5.41, 5.74) is 0.620. The number of carboxylic acid groups (broad SMARTS) is 1. The molecule has 1 N–H and O–H groups in total. The Bertz CT molecular complexity index is 682. The number of carbonyl (C=O) groups is 3. The van der Waals surface area contributed by atoms with Crippen LogP contribution in [0, 0.1) is 5.92 Å². The normalized spacial score (nSPS) is 30.5. The Labute approximate surface area is 140 Å². The maximum atomic E-state index is 12.7. The number of hydrogen-bond donors (Lipinski definition) is 1. The first kappa shape index (κ1) is 15.3. The summed E-state index contributed by atoms with van der Waals surface area (Å²) < 4.78 is 0. The number of carbonyl (C=O) groups excluding carboxylic acids is 2. The average molecular weight is 328 g/mol. The van der Waals surface area contributed by atoms with Gasteiger partial charge in [-0.25, -0.2) is 4.79 Å². The molecule has 1 aromatic carbocycles. The predicted octanol–water partition coefficient (Wildman–Crippen LogP) is 1.61. The first-order valence-corrected chi connectivity index (χ1v) is 8.40. The fourth-order valence-electron chi connectivity index (χ4n) is 4.69. The van der Waals surface area contributed by atoms with Crippen LogP contribution in [0.15, 0.2) is 24.3 Å². The molecular formula is C18H20N2O4. The molecule has 0 aliphatic carbocycles. The Morgan fingerprint density at radius 3 is 2.04 bits per heavy atom. The van der Waals surface area contributed by atoms with Gasteiger partial charge in [-0.1, -0.05) is 12.1 Å². The number of imide groups is 1. The lowest BCUT2D eigenvalue weighted by Gasteiger charge is -2.40. The molecule has 3 aliphatic heterocycles. The van der Waals surface area contributed by atoms with Gasteiger partial charge < -0.3 is 10.0 Å². The summed E-state index contributed by atoms with van der Waals surface area (Å²) in [4.78, 5) is 40.6. The molecule has 2 saturated heterocycles. The van der Waals surface area contributed by atoms with Gasteiger partial charge in [-0.05, 0) is 50.8 Å². The van der Waals surface area contributed by atoms with Crippen LogP contribution in [0.2, 0.25) is 0 Å². The summed E-state index contributed by atoms with van der Waals surface area (Å²) in [7, 11) is 2.08. The average Bonchev–Trinajstić information content (AvgIpc) is 2.92. The van der Waals surface area contributed by atoms with E-state index in [9.17, 15) is 19.5 Å². The van der Waals surface area contributed by atoms with Crippen molar-refractivity contribution in [3.8, 4) is 0 Å². The Kier molecular flexibility index (Phi) is 3.46. The van der Waals surface area contributed by atoms with Crippen LogP contribution in [0.3, 0.4) is 0 Å². The van der Waals surface area contributed by atoms with E-state index in [2.05, 4.69) is 11.9 Å². The molecule has 4 rings (SSSR count). The van der Waals surface area contributed by atoms with Crippen LogP contribution in [-0.2, 0) is 4.79 Å². The van der Waals surface area contributed by atoms with Gasteiger partial charge >= 0.3 is 5.97 Å². The van der Waals surface area contributed by atoms with Crippen LogP contribution in [0.25, 0.3) is 0 Å². The Morgan fingerprint density at radius 1 is 1.08 bits per heavy atom. The van der Waals surface area contributed by atoms with Crippen LogP contribution < -0.4 is 0 Å². The van der Waals surface area contributed by atoms with Crippen molar-refractivity contribution < 1.29 is 19.5 Å². The molecule has 2 amide bonds. The number of benzene rings is 1. The van der Waals surface area contributed by atoms with Crippen LogP contribution in [0.4, 0.5) is 0 Å². The van der Waals surface area contributed by atoms with E-state index < -0.39 is 23.8 Å². The zero-order chi connectivity index (χ0) is 17.0. The number of amides is 2. The smallest absolute Gasteiger partial charge is 0.327 e. The minimum Gasteiger partial charge on any atom is -0.480 e. The van der Waals surface area contributed by atoms with Crippen molar-refractivity contribution in [1.82, 2.24) is 9.80 Å². The molecule has 3 heterocycles. The molecule has 2 bridgehead atoms. The highest BCUT2D eigenvalue weighted by atomic mass is 16.4. The molecule has 6 heteroatoms. The summed E-state index contributed by atoms with van der Waals surface area (Å²) in [6, 6.07) is 6.20. The van der Waals surface area contributed by atoms with Gasteiger partial charge in [-0.15, -0.1) is 0 Å². The van der Waals surface area contributed by atoms with E-state index in [1.165, 1.54) is 0 Å². The molecule has 0 saturated carbocycles. The Morgan fingerprint density at radius 2 is 1.58 bits per heavy atom. The van der Waals surface area contributed by atoms with E-state index in [0.717, 1.165) is 30.6 Å². The van der Waals surface area contributed by atoms with Gasteiger partial charge in [0, 0.05) is 12.1 Å². The topological polar surface area (TPSA) is 77.9 Å². The SMILES string of the molecule is CN1C2CCC1CC([C@@H](C(=O)O)N1C(=O)c3ccccc3C1=O)C2. The van der Waals surface area contributed by atoms with Crippen molar-refractivity contribution in [1.29, 1.82) is 0 Å². The lowest BCUT2D eigenvalue weighted by atomic mass is 9.84. The van der Waals surface area contributed by atoms with Crippen molar-refractivity contribution in [3.63, 3.8) is 0 Å². The fourth-order valence-corrected chi connectivity index (χ4v) is 4.69. The minimum absolute atomic E-state index is 0.182. The summed E-state index contributed by atoms with van der Waals surface area (Å²) in [6.45, 7) is 0. The van der Waals surface area contributed by atoms with Gasteiger partial charge in [0.1, 0.15) is 6.04 Å². The second kappa shape index (κ2) is 5.41. The van der Waals surface area contributed by atoms with Gasteiger partial charge in [0.25, 0.3) is 11.8 Å². The summed E-state index contributed by atoms with van der Waals surface area (Å²) in [6.07, 6.45) is 3.56. The predicted molar refractivity (Wildman–Crippen MR) is 85.7 cm³/mol. The van der Waals surface area contributed by atoms with E-state index >= 15 is 0 Å². The monoisotopic (exact) mass is 328 g/mol. The van der Waals surface area contributed by atoms with E-state index in [0.29, 0.717) is 23.2 Å². The largest absolute Gasteiger partial charge is 0.480 e. The van der Waals surface area contributed by atoms with Crippen LogP contribution in [0.5, 0.6) is 0 Å². The Balaban J connectivity index is 1.67. The summed E-state index contributed by atoms with van der Waals surface area (Å²) in [5, 5.41) is 9.80. The molecule has 126 valence electrons. The number of aliphatic carboxylic acids is 1. The minimum atomic E-state index is -1.08. The van der Waals surface area contributed by atoms with Crippen LogP contribution in [0.1, 0.15) is 46.4 Å². The molecule has 3 aliphatic rings. The Hall–Kier alpha value is -2.21. The van der Waals surface area contributed by atoms with Crippen molar-refractivity contribution in [3.05, 3.63) is 35.4 Å². The number of hydrogen-bond acceptors (Lipinski definition) is 4. The molecule has 1 aromatic rings. The van der Waals surface area contributed by atoms with E-state index in [-0.39, 0.29) is 5.92 Å². The van der Waals surface area contributed by atoms with Crippen molar-refractivity contribution in [2.24, 2.45) is 5.92 Å². The van der Waals surface area contributed by atoms with Crippen molar-refractivity contribution >= 4 is 17.8 Å². The van der Waals surface area contributed by atoms with Gasteiger partial charge in [0.15, 0.2) is 0 Å². The van der Waals surface area contributed by atoms with Gasteiger partial charge in [0.05, 0.1) is 11.1 Å². The summed E-state index contributed by atoms with van der Waals surface area (Å²) in [5.74, 6) is -2.22. The van der Waals surface area contributed by atoms with Gasteiger partial charge in [-0.2, -0.15) is 0 Å². The molecular weight excluding hydrogens is 308 g/mol. The highest BCUT2D eigenvalue weighted by Crippen LogP contribution is 2.41. The third kappa shape index (κ3) is 2.09. The third-order valence-corrected chi connectivity index (χ3v) is 5.94. The fraction of sp³-hybridized carbons (Fsp3) is 0.500. The van der Waals surface area contributed by atoms with Crippen molar-refractivity contribution in [2.75, 3.05) is 7.05 Å². The molecule has 2 unspecified atom stereocenters. The first-order valence-electron chi connectivity index (χ1n) is 8.40.